The number of aliphatic hydroxyl groups excluding tert-OH is 2. The van der Waals surface area contributed by atoms with Gasteiger partial charge in [-0.3, -0.25) is 0 Å². The summed E-state index contributed by atoms with van der Waals surface area (Å²) >= 11 is 0. The van der Waals surface area contributed by atoms with Gasteiger partial charge in [-0.15, -0.1) is 0 Å². The zero-order chi connectivity index (χ0) is 13.8. The lowest BCUT2D eigenvalue weighted by Crippen LogP contribution is -2.11. The van der Waals surface area contributed by atoms with Gasteiger partial charge in [0.2, 0.25) is 0 Å². The summed E-state index contributed by atoms with van der Waals surface area (Å²) < 4.78 is 0. The Labute approximate surface area is 113 Å². The van der Waals surface area contributed by atoms with Gasteiger partial charge in [0.25, 0.3) is 0 Å². The van der Waals surface area contributed by atoms with Crippen LogP contribution in [-0.4, -0.2) is 24.3 Å². The first-order chi connectivity index (χ1) is 9.09. The van der Waals surface area contributed by atoms with Gasteiger partial charge in [0.15, 0.2) is 0 Å². The van der Waals surface area contributed by atoms with Gasteiger partial charge in [0.1, 0.15) is 12.2 Å². The summed E-state index contributed by atoms with van der Waals surface area (Å²) in [5.41, 5.74) is 2.48. The number of rotatable bonds is 4. The maximum atomic E-state index is 10.2. The first kappa shape index (κ1) is 13.6. The molecule has 0 aliphatic rings. The van der Waals surface area contributed by atoms with Crippen LogP contribution >= 0.6 is 0 Å². The second kappa shape index (κ2) is 5.87. The predicted molar refractivity (Wildman–Crippen MR) is 77.1 cm³/mol. The average molecular weight is 257 g/mol. The van der Waals surface area contributed by atoms with Crippen molar-refractivity contribution in [3.63, 3.8) is 0 Å². The van der Waals surface area contributed by atoms with Gasteiger partial charge < -0.3 is 15.1 Å². The van der Waals surface area contributed by atoms with Gasteiger partial charge in [0, 0.05) is 19.8 Å². The Bertz CT molecular complexity index is 508. The van der Waals surface area contributed by atoms with Crippen LogP contribution in [0.2, 0.25) is 0 Å². The van der Waals surface area contributed by atoms with Crippen molar-refractivity contribution in [1.29, 1.82) is 0 Å². The Balaban J connectivity index is 2.17. The first-order valence-corrected chi connectivity index (χ1v) is 6.28. The molecule has 2 aromatic carbocycles. The molecule has 0 heterocycles. The molecule has 2 aromatic rings. The third kappa shape index (κ3) is 3.13. The number of benzene rings is 2. The van der Waals surface area contributed by atoms with Crippen molar-refractivity contribution in [3.05, 3.63) is 65.7 Å². The lowest BCUT2D eigenvalue weighted by Gasteiger charge is -2.20. The maximum Gasteiger partial charge on any atom is 0.109 e. The van der Waals surface area contributed by atoms with Gasteiger partial charge in [-0.1, -0.05) is 42.5 Å². The van der Waals surface area contributed by atoms with Crippen molar-refractivity contribution in [3.8, 4) is 0 Å². The second-order valence-electron chi connectivity index (χ2n) is 4.79. The maximum absolute atomic E-state index is 10.2. The topological polar surface area (TPSA) is 43.7 Å². The van der Waals surface area contributed by atoms with Crippen LogP contribution in [0.5, 0.6) is 0 Å². The van der Waals surface area contributed by atoms with Crippen LogP contribution in [-0.2, 0) is 0 Å². The minimum absolute atomic E-state index is 0.710. The zero-order valence-electron chi connectivity index (χ0n) is 11.2. The van der Waals surface area contributed by atoms with Crippen LogP contribution in [0, 0.1) is 0 Å². The van der Waals surface area contributed by atoms with E-state index < -0.39 is 12.2 Å². The monoisotopic (exact) mass is 257 g/mol. The van der Waals surface area contributed by atoms with E-state index in [0.29, 0.717) is 11.1 Å². The van der Waals surface area contributed by atoms with E-state index in [9.17, 15) is 10.2 Å². The molecular formula is C16H19NO2. The van der Waals surface area contributed by atoms with Crippen molar-refractivity contribution in [2.24, 2.45) is 0 Å². The summed E-state index contributed by atoms with van der Waals surface area (Å²) in [6, 6.07) is 16.7. The molecule has 3 nitrogen and oxygen atoms in total. The van der Waals surface area contributed by atoms with Crippen LogP contribution in [0.3, 0.4) is 0 Å². The summed E-state index contributed by atoms with van der Waals surface area (Å²) in [7, 11) is 3.93. The standard InChI is InChI=1S/C16H19NO2/c1-17(2)14-10-8-13(9-11-14)16(19)15(18)12-6-4-3-5-7-12/h3-11,15-16,18-19H,1-2H3/t15-,16+/m0/s1. The highest BCUT2D eigenvalue weighted by Crippen LogP contribution is 2.29. The fourth-order valence-electron chi connectivity index (χ4n) is 1.98. The number of anilines is 1. The number of nitrogens with zero attached hydrogens (tertiary/aromatic N) is 1. The summed E-state index contributed by atoms with van der Waals surface area (Å²) in [5.74, 6) is 0. The van der Waals surface area contributed by atoms with Crippen LogP contribution < -0.4 is 4.90 Å². The molecule has 0 saturated heterocycles. The van der Waals surface area contributed by atoms with E-state index in [4.69, 9.17) is 0 Å². The van der Waals surface area contributed by atoms with E-state index in [1.165, 1.54) is 0 Å². The molecule has 0 aromatic heterocycles. The largest absolute Gasteiger partial charge is 0.385 e. The highest BCUT2D eigenvalue weighted by molar-refractivity contribution is 5.46. The molecule has 100 valence electrons. The third-order valence-corrected chi connectivity index (χ3v) is 3.19. The van der Waals surface area contributed by atoms with Crippen LogP contribution in [0.1, 0.15) is 23.3 Å². The van der Waals surface area contributed by atoms with Crippen molar-refractivity contribution in [1.82, 2.24) is 0 Å². The minimum atomic E-state index is -0.918. The van der Waals surface area contributed by atoms with Gasteiger partial charge in [-0.25, -0.2) is 0 Å². The van der Waals surface area contributed by atoms with E-state index in [1.807, 2.05) is 73.6 Å². The molecule has 0 aliphatic heterocycles. The molecular weight excluding hydrogens is 238 g/mol. The molecule has 0 unspecified atom stereocenters. The van der Waals surface area contributed by atoms with Gasteiger partial charge in [-0.05, 0) is 23.3 Å². The highest BCUT2D eigenvalue weighted by atomic mass is 16.3. The van der Waals surface area contributed by atoms with Crippen LogP contribution in [0.25, 0.3) is 0 Å². The molecule has 0 radical (unpaired) electrons. The molecule has 0 amide bonds. The van der Waals surface area contributed by atoms with Gasteiger partial charge >= 0.3 is 0 Å². The van der Waals surface area contributed by atoms with E-state index in [2.05, 4.69) is 0 Å². The minimum Gasteiger partial charge on any atom is -0.385 e. The van der Waals surface area contributed by atoms with E-state index in [0.717, 1.165) is 5.69 Å². The molecule has 0 aliphatic carbocycles. The average Bonchev–Trinajstić information content (AvgIpc) is 2.46. The van der Waals surface area contributed by atoms with Crippen LogP contribution in [0.4, 0.5) is 5.69 Å². The Morgan fingerprint density at radius 1 is 0.737 bits per heavy atom. The van der Waals surface area contributed by atoms with Crippen molar-refractivity contribution in [2.75, 3.05) is 19.0 Å². The fraction of sp³-hybridized carbons (Fsp3) is 0.250. The van der Waals surface area contributed by atoms with Gasteiger partial charge in [0.05, 0.1) is 0 Å². The first-order valence-electron chi connectivity index (χ1n) is 6.28. The van der Waals surface area contributed by atoms with Crippen molar-refractivity contribution >= 4 is 5.69 Å². The summed E-state index contributed by atoms with van der Waals surface area (Å²) in [5, 5.41) is 20.4. The zero-order valence-corrected chi connectivity index (χ0v) is 11.2. The predicted octanol–water partition coefficient (Wildman–Crippen LogP) is 2.52. The van der Waals surface area contributed by atoms with E-state index in [-0.39, 0.29) is 0 Å². The molecule has 2 rings (SSSR count). The number of hydrogen-bond donors (Lipinski definition) is 2. The molecule has 0 spiro atoms. The smallest absolute Gasteiger partial charge is 0.109 e. The molecule has 19 heavy (non-hydrogen) atoms. The SMILES string of the molecule is CN(C)c1ccc([C@@H](O)[C@@H](O)c2ccccc2)cc1. The summed E-state index contributed by atoms with van der Waals surface area (Å²) in [4.78, 5) is 1.99. The Hall–Kier alpha value is -1.84. The number of aliphatic hydroxyl groups is 2. The normalized spacial score (nSPS) is 13.9. The Kier molecular flexibility index (Phi) is 4.20. The van der Waals surface area contributed by atoms with E-state index >= 15 is 0 Å². The molecule has 2 N–H and O–H groups in total. The molecule has 3 heteroatoms. The van der Waals surface area contributed by atoms with Crippen LogP contribution in [0.15, 0.2) is 54.6 Å². The van der Waals surface area contributed by atoms with Crippen molar-refractivity contribution < 1.29 is 10.2 Å². The third-order valence-electron chi connectivity index (χ3n) is 3.19. The molecule has 0 saturated carbocycles. The highest BCUT2D eigenvalue weighted by Gasteiger charge is 2.19. The summed E-state index contributed by atoms with van der Waals surface area (Å²) in [6.45, 7) is 0. The molecule has 0 fully saturated rings. The Morgan fingerprint density at radius 3 is 1.68 bits per heavy atom. The lowest BCUT2D eigenvalue weighted by molar-refractivity contribution is 0.0172. The summed E-state index contributed by atoms with van der Waals surface area (Å²) in [6.07, 6.45) is -1.83. The Morgan fingerprint density at radius 2 is 1.21 bits per heavy atom. The second-order valence-corrected chi connectivity index (χ2v) is 4.79. The number of hydrogen-bond acceptors (Lipinski definition) is 3. The van der Waals surface area contributed by atoms with E-state index in [1.54, 1.807) is 0 Å². The quantitative estimate of drug-likeness (QED) is 0.884. The fourth-order valence-corrected chi connectivity index (χ4v) is 1.98. The van der Waals surface area contributed by atoms with Gasteiger partial charge in [-0.2, -0.15) is 0 Å². The molecule has 0 bridgehead atoms. The lowest BCUT2D eigenvalue weighted by atomic mass is 9.98. The molecule has 2 atom stereocenters. The van der Waals surface area contributed by atoms with Crippen molar-refractivity contribution in [2.45, 2.75) is 12.2 Å².